The zero-order chi connectivity index (χ0) is 18.0. The summed E-state index contributed by atoms with van der Waals surface area (Å²) in [6, 6.07) is 4.80. The minimum atomic E-state index is -2.27. The zero-order valence-electron chi connectivity index (χ0n) is 12.6. The maximum Gasteiger partial charge on any atom is 0.229 e. The van der Waals surface area contributed by atoms with E-state index in [9.17, 15) is 26.7 Å². The summed E-state index contributed by atoms with van der Waals surface area (Å²) >= 11 is 0. The molecule has 3 nitrogen and oxygen atoms in total. The molecule has 0 bridgehead atoms. The normalized spacial score (nSPS) is 10.6. The highest BCUT2D eigenvalue weighted by atomic mass is 19.2. The van der Waals surface area contributed by atoms with Crippen molar-refractivity contribution in [2.75, 3.05) is 12.4 Å². The highest BCUT2D eigenvalue weighted by Gasteiger charge is 2.27. The molecule has 0 unspecified atom stereocenters. The Hall–Kier alpha value is -2.64. The van der Waals surface area contributed by atoms with E-state index >= 15 is 0 Å². The molecule has 0 aliphatic rings. The lowest BCUT2D eigenvalue weighted by atomic mass is 10.1. The predicted molar refractivity (Wildman–Crippen MR) is 76.3 cm³/mol. The number of halogens is 5. The van der Waals surface area contributed by atoms with E-state index in [-0.39, 0.29) is 11.4 Å². The number of nitrogens with one attached hydrogen (secondary N) is 1. The average Bonchev–Trinajstić information content (AvgIpc) is 2.55. The number of ether oxygens (including phenoxy) is 1. The number of benzene rings is 2. The third-order valence-electron chi connectivity index (χ3n) is 3.27. The van der Waals surface area contributed by atoms with E-state index in [0.717, 1.165) is 5.56 Å². The van der Waals surface area contributed by atoms with Crippen molar-refractivity contribution in [1.82, 2.24) is 0 Å². The fraction of sp³-hybridized carbons (Fsp3) is 0.188. The molecule has 1 N–H and O–H groups in total. The summed E-state index contributed by atoms with van der Waals surface area (Å²) in [5, 5.41) is 2.32. The summed E-state index contributed by atoms with van der Waals surface area (Å²) in [5.74, 6) is -11.2. The number of anilines is 1. The largest absolute Gasteiger partial charge is 0.495 e. The van der Waals surface area contributed by atoms with Gasteiger partial charge in [-0.15, -0.1) is 0 Å². The van der Waals surface area contributed by atoms with Crippen molar-refractivity contribution in [1.29, 1.82) is 0 Å². The average molecular weight is 345 g/mol. The maximum atomic E-state index is 13.6. The molecule has 0 spiro atoms. The summed E-state index contributed by atoms with van der Waals surface area (Å²) in [4.78, 5) is 11.9. The van der Waals surface area contributed by atoms with Crippen LogP contribution in [-0.2, 0) is 11.2 Å². The summed E-state index contributed by atoms with van der Waals surface area (Å²) in [7, 11) is 1.35. The Bertz CT molecular complexity index is 779. The van der Waals surface area contributed by atoms with Crippen LogP contribution in [0.3, 0.4) is 0 Å². The first-order valence-electron chi connectivity index (χ1n) is 6.71. The van der Waals surface area contributed by atoms with Crippen LogP contribution in [-0.4, -0.2) is 13.0 Å². The van der Waals surface area contributed by atoms with E-state index in [0.29, 0.717) is 0 Å². The second-order valence-electron chi connectivity index (χ2n) is 4.98. The van der Waals surface area contributed by atoms with Crippen LogP contribution >= 0.6 is 0 Å². The van der Waals surface area contributed by atoms with Gasteiger partial charge >= 0.3 is 0 Å². The van der Waals surface area contributed by atoms with Gasteiger partial charge in [0.2, 0.25) is 11.7 Å². The Morgan fingerprint density at radius 3 is 2.08 bits per heavy atom. The van der Waals surface area contributed by atoms with E-state index in [2.05, 4.69) is 5.32 Å². The van der Waals surface area contributed by atoms with Crippen molar-refractivity contribution in [3.63, 3.8) is 0 Å². The van der Waals surface area contributed by atoms with Gasteiger partial charge < -0.3 is 10.1 Å². The zero-order valence-corrected chi connectivity index (χ0v) is 12.6. The molecule has 2 aromatic carbocycles. The molecule has 0 atom stereocenters. The van der Waals surface area contributed by atoms with Crippen molar-refractivity contribution in [2.45, 2.75) is 13.3 Å². The number of carbonyl (C=O) groups is 1. The van der Waals surface area contributed by atoms with E-state index in [4.69, 9.17) is 4.74 Å². The molecule has 24 heavy (non-hydrogen) atoms. The number of carbonyl (C=O) groups excluding carboxylic acids is 1. The Morgan fingerprint density at radius 2 is 1.54 bits per heavy atom. The van der Waals surface area contributed by atoms with Crippen molar-refractivity contribution < 1.29 is 31.5 Å². The van der Waals surface area contributed by atoms with Crippen molar-refractivity contribution in [2.24, 2.45) is 0 Å². The summed E-state index contributed by atoms with van der Waals surface area (Å²) in [5.41, 5.74) is -0.218. The first-order chi connectivity index (χ1) is 11.3. The Morgan fingerprint density at radius 1 is 1.00 bits per heavy atom. The molecule has 1 amide bonds. The van der Waals surface area contributed by atoms with Crippen LogP contribution in [0, 0.1) is 36.0 Å². The molecule has 0 aromatic heterocycles. The lowest BCUT2D eigenvalue weighted by Gasteiger charge is -2.12. The summed E-state index contributed by atoms with van der Waals surface area (Å²) in [6.45, 7) is 1.74. The number of hydrogen-bond donors (Lipinski definition) is 1. The number of amides is 1. The van der Waals surface area contributed by atoms with Gasteiger partial charge in [-0.1, -0.05) is 6.07 Å². The van der Waals surface area contributed by atoms with Crippen LogP contribution < -0.4 is 10.1 Å². The van der Waals surface area contributed by atoms with Gasteiger partial charge in [0.05, 0.1) is 19.2 Å². The lowest BCUT2D eigenvalue weighted by Crippen LogP contribution is -2.18. The van der Waals surface area contributed by atoms with Gasteiger partial charge in [0.25, 0.3) is 0 Å². The molecule has 0 aliphatic carbocycles. The number of aryl methyl sites for hydroxylation is 1. The van der Waals surface area contributed by atoms with Crippen LogP contribution in [0.1, 0.15) is 11.1 Å². The predicted octanol–water partition coefficient (Wildman–Crippen LogP) is 3.88. The molecule has 0 saturated heterocycles. The minimum absolute atomic E-state index is 0.214. The van der Waals surface area contributed by atoms with Gasteiger partial charge in [-0.25, -0.2) is 22.0 Å². The highest BCUT2D eigenvalue weighted by molar-refractivity contribution is 5.93. The van der Waals surface area contributed by atoms with Gasteiger partial charge in [-0.05, 0) is 24.6 Å². The lowest BCUT2D eigenvalue weighted by molar-refractivity contribution is -0.115. The van der Waals surface area contributed by atoms with Crippen molar-refractivity contribution >= 4 is 11.6 Å². The molecule has 2 aromatic rings. The monoisotopic (exact) mass is 345 g/mol. The van der Waals surface area contributed by atoms with E-state index in [1.54, 1.807) is 19.1 Å². The topological polar surface area (TPSA) is 38.3 Å². The van der Waals surface area contributed by atoms with Gasteiger partial charge in [-0.2, -0.15) is 0 Å². The SMILES string of the molecule is COc1ccc(C)cc1NC(=O)Cc1c(F)c(F)c(F)c(F)c1F. The van der Waals surface area contributed by atoms with Crippen LogP contribution in [0.4, 0.5) is 27.6 Å². The molecule has 0 radical (unpaired) electrons. The molecule has 0 heterocycles. The number of rotatable bonds is 4. The number of methoxy groups -OCH3 is 1. The standard InChI is InChI=1S/C16H12F5NO2/c1-7-3-4-10(24-2)9(5-7)22-11(23)6-8-12(17)14(19)16(21)15(20)13(8)18/h3-5H,6H2,1-2H3,(H,22,23). The van der Waals surface area contributed by atoms with Gasteiger partial charge in [-0.3, -0.25) is 4.79 Å². The Labute approximate surface area is 134 Å². The molecular formula is C16H12F5NO2. The van der Waals surface area contributed by atoms with Crippen LogP contribution in [0.15, 0.2) is 18.2 Å². The van der Waals surface area contributed by atoms with Gasteiger partial charge in [0.15, 0.2) is 23.3 Å². The van der Waals surface area contributed by atoms with E-state index in [1.807, 2.05) is 0 Å². The third kappa shape index (κ3) is 3.32. The molecule has 2 rings (SSSR count). The summed E-state index contributed by atoms with van der Waals surface area (Å²) in [6.07, 6.45) is -1.02. The quantitative estimate of drug-likeness (QED) is 0.519. The molecular weight excluding hydrogens is 333 g/mol. The van der Waals surface area contributed by atoms with Gasteiger partial charge in [0, 0.05) is 5.56 Å². The first-order valence-corrected chi connectivity index (χ1v) is 6.71. The molecule has 128 valence electrons. The van der Waals surface area contributed by atoms with Crippen LogP contribution in [0.5, 0.6) is 5.75 Å². The Balaban J connectivity index is 2.30. The highest BCUT2D eigenvalue weighted by Crippen LogP contribution is 2.27. The smallest absolute Gasteiger partial charge is 0.229 e. The van der Waals surface area contributed by atoms with E-state index < -0.39 is 47.0 Å². The Kier molecular flexibility index (Phi) is 5.06. The minimum Gasteiger partial charge on any atom is -0.495 e. The molecule has 8 heteroatoms. The van der Waals surface area contributed by atoms with Crippen LogP contribution in [0.25, 0.3) is 0 Å². The molecule has 0 aliphatic heterocycles. The first kappa shape index (κ1) is 17.7. The molecule has 0 fully saturated rings. The van der Waals surface area contributed by atoms with E-state index in [1.165, 1.54) is 13.2 Å². The van der Waals surface area contributed by atoms with Crippen molar-refractivity contribution in [3.05, 3.63) is 58.4 Å². The van der Waals surface area contributed by atoms with Crippen LogP contribution in [0.2, 0.25) is 0 Å². The number of hydrogen-bond acceptors (Lipinski definition) is 2. The van der Waals surface area contributed by atoms with Crippen molar-refractivity contribution in [3.8, 4) is 5.75 Å². The second-order valence-corrected chi connectivity index (χ2v) is 4.98. The molecule has 0 saturated carbocycles. The summed E-state index contributed by atoms with van der Waals surface area (Å²) < 4.78 is 71.4. The fourth-order valence-corrected chi connectivity index (χ4v) is 2.08. The fourth-order valence-electron chi connectivity index (χ4n) is 2.08. The second kappa shape index (κ2) is 6.86. The third-order valence-corrected chi connectivity index (χ3v) is 3.27. The van der Waals surface area contributed by atoms with Gasteiger partial charge in [0.1, 0.15) is 5.75 Å². The maximum absolute atomic E-state index is 13.6.